The third-order valence-corrected chi connectivity index (χ3v) is 2.86. The number of aromatic nitrogens is 4. The molecule has 0 saturated carbocycles. The Hall–Kier alpha value is -1.76. The molecular weight excluding hydrogens is 284 g/mol. The van der Waals surface area contributed by atoms with Crippen molar-refractivity contribution in [1.82, 2.24) is 19.9 Å². The number of nitrogens with one attached hydrogen (secondary N) is 2. The van der Waals surface area contributed by atoms with Gasteiger partial charge in [-0.2, -0.15) is 0 Å². The minimum Gasteiger partial charge on any atom is -0.372 e. The number of nitrogens with zero attached hydrogens (tertiary/aromatic N) is 4. The third kappa shape index (κ3) is 2.88. The summed E-state index contributed by atoms with van der Waals surface area (Å²) in [4.78, 5) is 16.2. The highest BCUT2D eigenvalue weighted by molar-refractivity contribution is 9.10. The number of rotatable bonds is 4. The Bertz CT molecular complexity index is 489. The Labute approximate surface area is 107 Å². The van der Waals surface area contributed by atoms with E-state index in [1.807, 2.05) is 6.07 Å². The van der Waals surface area contributed by atoms with Crippen molar-refractivity contribution in [2.45, 2.75) is 6.54 Å². The van der Waals surface area contributed by atoms with Crippen LogP contribution in [0.15, 0.2) is 29.4 Å². The fourth-order valence-electron chi connectivity index (χ4n) is 1.26. The van der Waals surface area contributed by atoms with Crippen molar-refractivity contribution in [3.63, 3.8) is 0 Å². The highest BCUT2D eigenvalue weighted by atomic mass is 79.9. The van der Waals surface area contributed by atoms with Crippen LogP contribution in [0.1, 0.15) is 5.69 Å². The van der Waals surface area contributed by atoms with Crippen LogP contribution in [0.25, 0.3) is 0 Å². The van der Waals surface area contributed by atoms with E-state index in [1.165, 1.54) is 12.7 Å². The molecule has 17 heavy (non-hydrogen) atoms. The Balaban J connectivity index is 2.09. The van der Waals surface area contributed by atoms with Crippen LogP contribution in [0, 0.1) is 0 Å². The molecule has 0 atom stereocenters. The van der Waals surface area contributed by atoms with Gasteiger partial charge in [0, 0.05) is 13.2 Å². The molecule has 2 rings (SSSR count). The van der Waals surface area contributed by atoms with Crippen LogP contribution in [0.4, 0.5) is 11.6 Å². The molecule has 0 aliphatic rings. The normalized spacial score (nSPS) is 10.0. The summed E-state index contributed by atoms with van der Waals surface area (Å²) in [6, 6.07) is 1.85. The Morgan fingerprint density at radius 3 is 2.71 bits per heavy atom. The minimum atomic E-state index is 0.585. The Morgan fingerprint density at radius 1 is 1.18 bits per heavy atom. The molecule has 0 unspecified atom stereocenters. The molecule has 0 fully saturated rings. The van der Waals surface area contributed by atoms with Gasteiger partial charge in [0.05, 0.1) is 12.2 Å². The monoisotopic (exact) mass is 294 g/mol. The lowest BCUT2D eigenvalue weighted by molar-refractivity contribution is 0.988. The van der Waals surface area contributed by atoms with Crippen LogP contribution < -0.4 is 10.6 Å². The second-order valence-electron chi connectivity index (χ2n) is 3.19. The van der Waals surface area contributed by atoms with Gasteiger partial charge in [0.15, 0.2) is 0 Å². The van der Waals surface area contributed by atoms with Crippen LogP contribution >= 0.6 is 15.9 Å². The van der Waals surface area contributed by atoms with Gasteiger partial charge in [-0.1, -0.05) is 0 Å². The molecule has 2 aromatic rings. The summed E-state index contributed by atoms with van der Waals surface area (Å²) in [6.45, 7) is 0.585. The molecule has 0 radical (unpaired) electrons. The fourth-order valence-corrected chi connectivity index (χ4v) is 1.81. The van der Waals surface area contributed by atoms with Gasteiger partial charge in [0.25, 0.3) is 0 Å². The number of hydrogen-bond acceptors (Lipinski definition) is 6. The number of halogens is 1. The Morgan fingerprint density at radius 2 is 2.00 bits per heavy atom. The summed E-state index contributed by atoms with van der Waals surface area (Å²) in [5.41, 5.74) is 0.900. The predicted molar refractivity (Wildman–Crippen MR) is 68.6 cm³/mol. The average molecular weight is 295 g/mol. The maximum Gasteiger partial charge on any atom is 0.146 e. The van der Waals surface area contributed by atoms with Gasteiger partial charge in [0.2, 0.25) is 0 Å². The van der Waals surface area contributed by atoms with Crippen LogP contribution in [0.2, 0.25) is 0 Å². The van der Waals surface area contributed by atoms with Crippen LogP contribution in [0.3, 0.4) is 0 Å². The van der Waals surface area contributed by atoms with Crippen molar-refractivity contribution in [2.24, 2.45) is 0 Å². The van der Waals surface area contributed by atoms with Gasteiger partial charge in [-0.05, 0) is 22.0 Å². The lowest BCUT2D eigenvalue weighted by atomic mass is 10.4. The van der Waals surface area contributed by atoms with Crippen molar-refractivity contribution in [1.29, 1.82) is 0 Å². The summed E-state index contributed by atoms with van der Waals surface area (Å²) >= 11 is 3.43. The van der Waals surface area contributed by atoms with Crippen molar-refractivity contribution in [2.75, 3.05) is 17.7 Å². The predicted octanol–water partition coefficient (Wildman–Crippen LogP) is 1.68. The molecule has 2 heterocycles. The first-order valence-electron chi connectivity index (χ1n) is 4.98. The zero-order valence-corrected chi connectivity index (χ0v) is 10.8. The lowest BCUT2D eigenvalue weighted by Gasteiger charge is -2.09. The molecule has 0 bridgehead atoms. The van der Waals surface area contributed by atoms with E-state index in [9.17, 15) is 0 Å². The first kappa shape index (κ1) is 11.7. The number of anilines is 2. The molecular formula is C10H11BrN6. The second-order valence-corrected chi connectivity index (χ2v) is 3.98. The molecule has 0 spiro atoms. The average Bonchev–Trinajstić information content (AvgIpc) is 2.39. The van der Waals surface area contributed by atoms with Crippen molar-refractivity contribution in [3.05, 3.63) is 35.1 Å². The summed E-state index contributed by atoms with van der Waals surface area (Å²) in [5.74, 6) is 1.47. The van der Waals surface area contributed by atoms with Crippen molar-refractivity contribution in [3.8, 4) is 0 Å². The highest BCUT2D eigenvalue weighted by Gasteiger charge is 2.06. The van der Waals surface area contributed by atoms with E-state index in [4.69, 9.17) is 0 Å². The minimum absolute atomic E-state index is 0.585. The largest absolute Gasteiger partial charge is 0.372 e. The van der Waals surface area contributed by atoms with E-state index in [0.29, 0.717) is 6.54 Å². The molecule has 2 N–H and O–H groups in total. The summed E-state index contributed by atoms with van der Waals surface area (Å²) in [7, 11) is 1.81. The van der Waals surface area contributed by atoms with E-state index in [2.05, 4.69) is 46.5 Å². The smallest absolute Gasteiger partial charge is 0.146 e. The van der Waals surface area contributed by atoms with Gasteiger partial charge >= 0.3 is 0 Å². The molecule has 0 amide bonds. The molecule has 0 aliphatic heterocycles. The quantitative estimate of drug-likeness (QED) is 0.894. The van der Waals surface area contributed by atoms with Crippen molar-refractivity contribution >= 4 is 27.6 Å². The van der Waals surface area contributed by atoms with E-state index < -0.39 is 0 Å². The standard InChI is InChI=1S/C10H11BrN6/c1-12-9-8(11)10(17-6-16-9)14-4-7-2-3-13-5-15-7/h2-3,5-6H,4H2,1H3,(H2,12,14,16,17). The number of hydrogen-bond donors (Lipinski definition) is 2. The Kier molecular flexibility index (Phi) is 3.81. The van der Waals surface area contributed by atoms with Crippen LogP contribution in [0.5, 0.6) is 0 Å². The van der Waals surface area contributed by atoms with Gasteiger partial charge in [-0.3, -0.25) is 0 Å². The van der Waals surface area contributed by atoms with Gasteiger partial charge in [0.1, 0.15) is 28.8 Å². The molecule has 0 aromatic carbocycles. The highest BCUT2D eigenvalue weighted by Crippen LogP contribution is 2.26. The SMILES string of the molecule is CNc1ncnc(NCc2ccncn2)c1Br. The fraction of sp³-hybridized carbons (Fsp3) is 0.200. The van der Waals surface area contributed by atoms with E-state index in [0.717, 1.165) is 21.8 Å². The van der Waals surface area contributed by atoms with E-state index >= 15 is 0 Å². The van der Waals surface area contributed by atoms with Crippen LogP contribution in [-0.2, 0) is 6.54 Å². The van der Waals surface area contributed by atoms with Gasteiger partial charge < -0.3 is 10.6 Å². The van der Waals surface area contributed by atoms with Gasteiger partial charge in [-0.25, -0.2) is 19.9 Å². The lowest BCUT2D eigenvalue weighted by Crippen LogP contribution is -2.06. The van der Waals surface area contributed by atoms with Crippen molar-refractivity contribution < 1.29 is 0 Å². The van der Waals surface area contributed by atoms with Crippen LogP contribution in [-0.4, -0.2) is 27.0 Å². The maximum absolute atomic E-state index is 4.15. The molecule has 7 heteroatoms. The first-order valence-corrected chi connectivity index (χ1v) is 5.77. The topological polar surface area (TPSA) is 75.6 Å². The van der Waals surface area contributed by atoms with E-state index in [1.54, 1.807) is 13.2 Å². The summed E-state index contributed by atoms with van der Waals surface area (Å²) in [6.07, 6.45) is 4.72. The summed E-state index contributed by atoms with van der Waals surface area (Å²) < 4.78 is 0.802. The second kappa shape index (κ2) is 5.53. The zero-order chi connectivity index (χ0) is 12.1. The first-order chi connectivity index (χ1) is 8.31. The molecule has 2 aromatic heterocycles. The van der Waals surface area contributed by atoms with E-state index in [-0.39, 0.29) is 0 Å². The molecule has 0 aliphatic carbocycles. The molecule has 88 valence electrons. The molecule has 0 saturated heterocycles. The summed E-state index contributed by atoms with van der Waals surface area (Å²) in [5, 5.41) is 6.15. The maximum atomic E-state index is 4.15. The van der Waals surface area contributed by atoms with Gasteiger partial charge in [-0.15, -0.1) is 0 Å². The zero-order valence-electron chi connectivity index (χ0n) is 9.18. The molecule has 6 nitrogen and oxygen atoms in total. The third-order valence-electron chi connectivity index (χ3n) is 2.11.